The van der Waals surface area contributed by atoms with Gasteiger partial charge in [-0.1, -0.05) is 24.0 Å². The minimum Gasteiger partial charge on any atom is -0.479 e. The van der Waals surface area contributed by atoms with Crippen LogP contribution in [0.5, 0.6) is 0 Å². The molecule has 3 rings (SSSR count). The zero-order valence-corrected chi connectivity index (χ0v) is 14.5. The van der Waals surface area contributed by atoms with Crippen LogP contribution in [0.4, 0.5) is 13.2 Å². The van der Waals surface area contributed by atoms with Crippen LogP contribution in [0.15, 0.2) is 35.5 Å². The second-order valence-electron chi connectivity index (χ2n) is 6.71. The minimum absolute atomic E-state index is 0.0311. The molecule has 0 amide bonds. The number of aliphatic carboxylic acids is 1. The van der Waals surface area contributed by atoms with Crippen molar-refractivity contribution in [3.63, 3.8) is 0 Å². The van der Waals surface area contributed by atoms with Crippen LogP contribution >= 0.6 is 0 Å². The molecule has 9 heteroatoms. The molecule has 1 saturated carbocycles. The molecule has 4 unspecified atom stereocenters. The molecule has 2 aliphatic rings. The molecule has 0 spiro atoms. The third-order valence-electron chi connectivity index (χ3n) is 4.84. The topological polar surface area (TPSA) is 99.0 Å². The van der Waals surface area contributed by atoms with Gasteiger partial charge in [-0.2, -0.15) is 13.2 Å². The summed E-state index contributed by atoms with van der Waals surface area (Å²) < 4.78 is 38.3. The highest BCUT2D eigenvalue weighted by atomic mass is 19.4. The van der Waals surface area contributed by atoms with Gasteiger partial charge in [0.2, 0.25) is 0 Å². The summed E-state index contributed by atoms with van der Waals surface area (Å²) in [6.45, 7) is -0.504. The normalized spacial score (nSPS) is 24.7. The molecule has 0 radical (unpaired) electrons. The Kier molecular flexibility index (Phi) is 5.65. The molecule has 0 heterocycles. The number of hydrogen-bond acceptors (Lipinski definition) is 5. The number of halogens is 3. The molecule has 150 valence electrons. The highest BCUT2D eigenvalue weighted by Gasteiger charge is 2.45. The van der Waals surface area contributed by atoms with Crippen molar-refractivity contribution in [1.82, 2.24) is 5.48 Å². The average Bonchev–Trinajstić information content (AvgIpc) is 2.86. The maximum atomic E-state index is 12.8. The Balaban J connectivity index is 1.66. The zero-order valence-electron chi connectivity index (χ0n) is 14.5. The van der Waals surface area contributed by atoms with Gasteiger partial charge in [-0.3, -0.25) is 10.3 Å². The van der Waals surface area contributed by atoms with Gasteiger partial charge >= 0.3 is 12.1 Å². The monoisotopic (exact) mass is 397 g/mol. The molecule has 0 aliphatic heterocycles. The maximum Gasteiger partial charge on any atom is 0.416 e. The van der Waals surface area contributed by atoms with Crippen molar-refractivity contribution in [3.05, 3.63) is 46.7 Å². The molecule has 2 aliphatic carbocycles. The van der Waals surface area contributed by atoms with Crippen LogP contribution in [0.2, 0.25) is 0 Å². The van der Waals surface area contributed by atoms with Crippen molar-refractivity contribution >= 4 is 5.97 Å². The van der Waals surface area contributed by atoms with E-state index in [4.69, 9.17) is 9.94 Å². The lowest BCUT2D eigenvalue weighted by molar-refractivity contribution is -0.144. The minimum atomic E-state index is -4.51. The molecule has 6 nitrogen and oxygen atoms in total. The van der Waals surface area contributed by atoms with E-state index in [-0.39, 0.29) is 11.5 Å². The third-order valence-corrected chi connectivity index (χ3v) is 4.84. The molecule has 1 aromatic carbocycles. The lowest BCUT2D eigenvalue weighted by Gasteiger charge is -2.30. The van der Waals surface area contributed by atoms with E-state index in [0.29, 0.717) is 18.5 Å². The van der Waals surface area contributed by atoms with Crippen LogP contribution in [-0.2, 0) is 15.8 Å². The molecule has 0 aromatic heterocycles. The van der Waals surface area contributed by atoms with E-state index in [1.165, 1.54) is 12.1 Å². The number of benzene rings is 1. The SMILES string of the molecule is O=C(O)CONC1=C2CC(O)C(C#CC(O)c3cccc(C(F)(F)F)c3)C2C1. The Labute approximate surface area is 158 Å². The van der Waals surface area contributed by atoms with Crippen molar-refractivity contribution < 1.29 is 38.1 Å². The first-order valence-corrected chi connectivity index (χ1v) is 8.52. The molecular formula is C19H18F3NO5. The summed E-state index contributed by atoms with van der Waals surface area (Å²) in [5.74, 6) is 3.68. The van der Waals surface area contributed by atoms with Gasteiger partial charge in [0.15, 0.2) is 6.61 Å². The van der Waals surface area contributed by atoms with E-state index < -0.39 is 42.4 Å². The quantitative estimate of drug-likeness (QED) is 0.448. The maximum absolute atomic E-state index is 12.8. The van der Waals surface area contributed by atoms with Crippen LogP contribution in [0.25, 0.3) is 0 Å². The van der Waals surface area contributed by atoms with Gasteiger partial charge in [-0.25, -0.2) is 4.79 Å². The number of alkyl halides is 3. The highest BCUT2D eigenvalue weighted by Crippen LogP contribution is 2.49. The third kappa shape index (κ3) is 4.30. The van der Waals surface area contributed by atoms with Crippen LogP contribution in [-0.4, -0.2) is 34.0 Å². The van der Waals surface area contributed by atoms with E-state index in [1.54, 1.807) is 0 Å². The molecule has 4 N–H and O–H groups in total. The first-order valence-electron chi connectivity index (χ1n) is 8.52. The Morgan fingerprint density at radius 1 is 1.36 bits per heavy atom. The van der Waals surface area contributed by atoms with E-state index in [0.717, 1.165) is 17.7 Å². The average molecular weight is 397 g/mol. The summed E-state index contributed by atoms with van der Waals surface area (Å²) in [6, 6.07) is 4.32. The number of carboxylic acids is 1. The lowest BCUT2D eigenvalue weighted by atomic mass is 9.79. The second kappa shape index (κ2) is 7.83. The standard InChI is InChI=1S/C19H18F3NO5/c20-19(21,22)11-3-1-2-10(6-11)16(24)5-4-12-13-7-15(14(13)8-17(12)25)23-28-9-18(26)27/h1-3,6,12-13,16-17,23-25H,7-9H2,(H,26,27). The number of allylic oxidation sites excluding steroid dienone is 1. The Hall–Kier alpha value is -2.54. The number of carbonyl (C=O) groups is 1. The van der Waals surface area contributed by atoms with Gasteiger partial charge < -0.3 is 15.3 Å². The number of rotatable bonds is 5. The lowest BCUT2D eigenvalue weighted by Crippen LogP contribution is -2.30. The van der Waals surface area contributed by atoms with Gasteiger partial charge in [0, 0.05) is 11.6 Å². The van der Waals surface area contributed by atoms with Crippen molar-refractivity contribution in [3.8, 4) is 11.8 Å². The number of carboxylic acid groups (broad SMARTS) is 1. The van der Waals surface area contributed by atoms with Gasteiger partial charge in [0.05, 0.1) is 17.6 Å². The predicted octanol–water partition coefficient (Wildman–Crippen LogP) is 2.00. The summed E-state index contributed by atoms with van der Waals surface area (Å²) >= 11 is 0. The zero-order chi connectivity index (χ0) is 20.5. The van der Waals surface area contributed by atoms with Crippen LogP contribution in [0, 0.1) is 23.7 Å². The summed E-state index contributed by atoms with van der Waals surface area (Å²) in [4.78, 5) is 15.3. The number of fused-ring (bicyclic) bond motifs is 1. The number of aliphatic hydroxyl groups is 2. The van der Waals surface area contributed by atoms with Crippen LogP contribution in [0.1, 0.15) is 30.1 Å². The molecule has 1 fully saturated rings. The fourth-order valence-electron chi connectivity index (χ4n) is 3.44. The molecule has 1 aromatic rings. The fourth-order valence-corrected chi connectivity index (χ4v) is 3.44. The molecule has 28 heavy (non-hydrogen) atoms. The van der Waals surface area contributed by atoms with E-state index in [9.17, 15) is 28.2 Å². The number of aliphatic hydroxyl groups excluding tert-OH is 2. The largest absolute Gasteiger partial charge is 0.479 e. The highest BCUT2D eigenvalue weighted by molar-refractivity contribution is 5.67. The Bertz CT molecular complexity index is 855. The molecule has 0 bridgehead atoms. The summed E-state index contributed by atoms with van der Waals surface area (Å²) in [5, 5.41) is 28.9. The Morgan fingerprint density at radius 3 is 2.79 bits per heavy atom. The summed E-state index contributed by atoms with van der Waals surface area (Å²) in [7, 11) is 0. The molecule has 0 saturated heterocycles. The predicted molar refractivity (Wildman–Crippen MR) is 90.2 cm³/mol. The number of nitrogens with one attached hydrogen (secondary N) is 1. The number of hydrogen-bond donors (Lipinski definition) is 4. The summed E-state index contributed by atoms with van der Waals surface area (Å²) in [6.07, 6.45) is -5.85. The van der Waals surface area contributed by atoms with Crippen molar-refractivity contribution in [2.24, 2.45) is 11.8 Å². The number of hydroxylamine groups is 1. The van der Waals surface area contributed by atoms with Crippen molar-refractivity contribution in [1.29, 1.82) is 0 Å². The molecular weight excluding hydrogens is 379 g/mol. The van der Waals surface area contributed by atoms with Gasteiger partial charge in [-0.05, 0) is 36.1 Å². The fraction of sp³-hybridized carbons (Fsp3) is 0.421. The summed E-state index contributed by atoms with van der Waals surface area (Å²) in [5.41, 5.74) is 3.30. The van der Waals surface area contributed by atoms with Crippen molar-refractivity contribution in [2.45, 2.75) is 31.2 Å². The van der Waals surface area contributed by atoms with E-state index in [2.05, 4.69) is 17.3 Å². The first-order chi connectivity index (χ1) is 13.2. The van der Waals surface area contributed by atoms with E-state index in [1.807, 2.05) is 0 Å². The Morgan fingerprint density at radius 2 is 2.11 bits per heavy atom. The van der Waals surface area contributed by atoms with Crippen LogP contribution < -0.4 is 5.48 Å². The van der Waals surface area contributed by atoms with Gasteiger partial charge in [0.1, 0.15) is 6.10 Å². The van der Waals surface area contributed by atoms with Crippen LogP contribution in [0.3, 0.4) is 0 Å². The van der Waals surface area contributed by atoms with Crippen molar-refractivity contribution in [2.75, 3.05) is 6.61 Å². The van der Waals surface area contributed by atoms with Gasteiger partial charge in [0.25, 0.3) is 0 Å². The van der Waals surface area contributed by atoms with E-state index >= 15 is 0 Å². The van der Waals surface area contributed by atoms with Gasteiger partial charge in [-0.15, -0.1) is 0 Å². The second-order valence-corrected chi connectivity index (χ2v) is 6.71. The molecule has 4 atom stereocenters. The first kappa shape index (κ1) is 20.2. The smallest absolute Gasteiger partial charge is 0.416 e.